The van der Waals surface area contributed by atoms with Gasteiger partial charge in [-0.05, 0) is 32.7 Å². The maximum atomic E-state index is 11.6. The Labute approximate surface area is 96.8 Å². The minimum Gasteiger partial charge on any atom is -0.450 e. The van der Waals surface area contributed by atoms with Crippen LogP contribution in [0.2, 0.25) is 0 Å². The van der Waals surface area contributed by atoms with Crippen molar-refractivity contribution in [3.05, 3.63) is 0 Å². The Morgan fingerprint density at radius 1 is 1.56 bits per heavy atom. The summed E-state index contributed by atoms with van der Waals surface area (Å²) in [6, 6.07) is 0.301. The molecular weight excluding hydrogens is 208 g/mol. The molecule has 5 nitrogen and oxygen atoms in total. The largest absolute Gasteiger partial charge is 0.450 e. The number of aliphatic hydroxyl groups is 1. The SMILES string of the molecule is CCOC(=O)N1CC(CCO)CC(NC)C1. The van der Waals surface area contributed by atoms with Gasteiger partial charge in [0.2, 0.25) is 0 Å². The van der Waals surface area contributed by atoms with Crippen LogP contribution in [-0.4, -0.2) is 55.5 Å². The average Bonchev–Trinajstić information content (AvgIpc) is 2.29. The van der Waals surface area contributed by atoms with E-state index in [1.54, 1.807) is 4.90 Å². The fourth-order valence-corrected chi connectivity index (χ4v) is 2.17. The van der Waals surface area contributed by atoms with Crippen molar-refractivity contribution in [3.63, 3.8) is 0 Å². The van der Waals surface area contributed by atoms with Gasteiger partial charge in [-0.1, -0.05) is 0 Å². The summed E-state index contributed by atoms with van der Waals surface area (Å²) < 4.78 is 5.00. The third-order valence-electron chi connectivity index (χ3n) is 3.01. The summed E-state index contributed by atoms with van der Waals surface area (Å²) in [5.41, 5.74) is 0. The standard InChI is InChI=1S/C11H22N2O3/c1-3-16-11(15)13-7-9(4-5-14)6-10(8-13)12-2/h9-10,12,14H,3-8H2,1-2H3. The van der Waals surface area contributed by atoms with E-state index in [1.165, 1.54) is 0 Å². The number of amides is 1. The minimum atomic E-state index is -0.245. The maximum absolute atomic E-state index is 11.6. The molecule has 94 valence electrons. The molecule has 2 N–H and O–H groups in total. The number of piperidine rings is 1. The molecule has 0 aromatic rings. The second-order valence-electron chi connectivity index (χ2n) is 4.20. The normalized spacial score (nSPS) is 25.6. The van der Waals surface area contributed by atoms with Gasteiger partial charge >= 0.3 is 6.09 Å². The lowest BCUT2D eigenvalue weighted by Crippen LogP contribution is -2.50. The molecule has 0 spiro atoms. The third-order valence-corrected chi connectivity index (χ3v) is 3.01. The first-order chi connectivity index (χ1) is 7.71. The van der Waals surface area contributed by atoms with E-state index < -0.39 is 0 Å². The van der Waals surface area contributed by atoms with E-state index in [-0.39, 0.29) is 12.7 Å². The van der Waals surface area contributed by atoms with Gasteiger partial charge in [-0.3, -0.25) is 0 Å². The van der Waals surface area contributed by atoms with Crippen molar-refractivity contribution in [1.82, 2.24) is 10.2 Å². The minimum absolute atomic E-state index is 0.178. The summed E-state index contributed by atoms with van der Waals surface area (Å²) in [4.78, 5) is 13.4. The summed E-state index contributed by atoms with van der Waals surface area (Å²) in [6.07, 6.45) is 1.51. The molecule has 0 bridgehead atoms. The Hall–Kier alpha value is -0.810. The fraction of sp³-hybridized carbons (Fsp3) is 0.909. The topological polar surface area (TPSA) is 61.8 Å². The highest BCUT2D eigenvalue weighted by Gasteiger charge is 2.29. The van der Waals surface area contributed by atoms with Crippen molar-refractivity contribution in [2.24, 2.45) is 5.92 Å². The van der Waals surface area contributed by atoms with Crippen molar-refractivity contribution in [3.8, 4) is 0 Å². The van der Waals surface area contributed by atoms with Crippen LogP contribution in [0.5, 0.6) is 0 Å². The molecule has 1 aliphatic rings. The molecule has 0 aliphatic carbocycles. The van der Waals surface area contributed by atoms with Gasteiger partial charge in [-0.15, -0.1) is 0 Å². The van der Waals surface area contributed by atoms with Gasteiger partial charge < -0.3 is 20.1 Å². The predicted octanol–water partition coefficient (Wildman–Crippen LogP) is 0.435. The van der Waals surface area contributed by atoms with Crippen LogP contribution in [0.4, 0.5) is 4.79 Å². The van der Waals surface area contributed by atoms with Crippen LogP contribution >= 0.6 is 0 Å². The lowest BCUT2D eigenvalue weighted by atomic mass is 9.92. The summed E-state index contributed by atoms with van der Waals surface area (Å²) in [5, 5.41) is 12.1. The molecule has 16 heavy (non-hydrogen) atoms. The number of carbonyl (C=O) groups is 1. The number of rotatable bonds is 4. The molecule has 0 saturated carbocycles. The van der Waals surface area contributed by atoms with Crippen LogP contribution in [0.25, 0.3) is 0 Å². The first kappa shape index (κ1) is 13.3. The number of hydrogen-bond donors (Lipinski definition) is 2. The monoisotopic (exact) mass is 230 g/mol. The second kappa shape index (κ2) is 6.70. The predicted molar refractivity (Wildman–Crippen MR) is 61.3 cm³/mol. The quantitative estimate of drug-likeness (QED) is 0.735. The number of nitrogens with zero attached hydrogens (tertiary/aromatic N) is 1. The van der Waals surface area contributed by atoms with Gasteiger partial charge in [0.15, 0.2) is 0 Å². The second-order valence-corrected chi connectivity index (χ2v) is 4.20. The van der Waals surface area contributed by atoms with Crippen LogP contribution < -0.4 is 5.32 Å². The van der Waals surface area contributed by atoms with Gasteiger partial charge in [0.05, 0.1) is 6.61 Å². The molecule has 2 unspecified atom stereocenters. The van der Waals surface area contributed by atoms with Crippen molar-refractivity contribution >= 4 is 6.09 Å². The van der Waals surface area contributed by atoms with E-state index in [0.717, 1.165) is 12.8 Å². The number of likely N-dealkylation sites (tertiary alicyclic amines) is 1. The lowest BCUT2D eigenvalue weighted by molar-refractivity contribution is 0.0746. The number of aliphatic hydroxyl groups excluding tert-OH is 1. The molecule has 1 heterocycles. The van der Waals surface area contributed by atoms with E-state index in [0.29, 0.717) is 31.7 Å². The van der Waals surface area contributed by atoms with Gasteiger partial charge in [-0.2, -0.15) is 0 Å². The molecular formula is C11H22N2O3. The molecule has 0 aromatic heterocycles. The van der Waals surface area contributed by atoms with E-state index in [4.69, 9.17) is 9.84 Å². The highest BCUT2D eigenvalue weighted by atomic mass is 16.6. The average molecular weight is 230 g/mol. The van der Waals surface area contributed by atoms with Crippen molar-refractivity contribution in [2.75, 3.05) is 33.4 Å². The van der Waals surface area contributed by atoms with E-state index in [9.17, 15) is 4.79 Å². The molecule has 2 atom stereocenters. The molecule has 1 amide bonds. The van der Waals surface area contributed by atoms with E-state index in [1.807, 2.05) is 14.0 Å². The van der Waals surface area contributed by atoms with Crippen LogP contribution in [-0.2, 0) is 4.74 Å². The molecule has 0 radical (unpaired) electrons. The first-order valence-corrected chi connectivity index (χ1v) is 5.91. The number of ether oxygens (including phenoxy) is 1. The fourth-order valence-electron chi connectivity index (χ4n) is 2.17. The molecule has 1 saturated heterocycles. The summed E-state index contributed by atoms with van der Waals surface area (Å²) in [7, 11) is 1.90. The van der Waals surface area contributed by atoms with Crippen molar-refractivity contribution < 1.29 is 14.6 Å². The Bertz CT molecular complexity index is 223. The molecule has 0 aromatic carbocycles. The lowest BCUT2D eigenvalue weighted by Gasteiger charge is -2.36. The summed E-state index contributed by atoms with van der Waals surface area (Å²) in [6.45, 7) is 3.78. The van der Waals surface area contributed by atoms with E-state index >= 15 is 0 Å². The molecule has 1 fully saturated rings. The zero-order valence-electron chi connectivity index (χ0n) is 10.1. The number of hydrogen-bond acceptors (Lipinski definition) is 4. The Kier molecular flexibility index (Phi) is 5.55. The Morgan fingerprint density at radius 2 is 2.31 bits per heavy atom. The number of likely N-dealkylation sites (N-methyl/N-ethyl adjacent to an activating group) is 1. The zero-order chi connectivity index (χ0) is 12.0. The van der Waals surface area contributed by atoms with Gasteiger partial charge in [-0.25, -0.2) is 4.79 Å². The van der Waals surface area contributed by atoms with Gasteiger partial charge in [0.1, 0.15) is 0 Å². The van der Waals surface area contributed by atoms with Crippen LogP contribution in [0.1, 0.15) is 19.8 Å². The molecule has 1 rings (SSSR count). The summed E-state index contributed by atoms with van der Waals surface area (Å²) in [5.74, 6) is 0.362. The number of carbonyl (C=O) groups excluding carboxylic acids is 1. The van der Waals surface area contributed by atoms with Gasteiger partial charge in [0, 0.05) is 25.7 Å². The zero-order valence-corrected chi connectivity index (χ0v) is 10.1. The molecule has 5 heteroatoms. The maximum Gasteiger partial charge on any atom is 0.409 e. The smallest absolute Gasteiger partial charge is 0.409 e. The van der Waals surface area contributed by atoms with Crippen LogP contribution in [0.3, 0.4) is 0 Å². The first-order valence-electron chi connectivity index (χ1n) is 5.91. The highest BCUT2D eigenvalue weighted by Crippen LogP contribution is 2.20. The number of nitrogens with one attached hydrogen (secondary N) is 1. The molecule has 1 aliphatic heterocycles. The highest BCUT2D eigenvalue weighted by molar-refractivity contribution is 5.67. The van der Waals surface area contributed by atoms with E-state index in [2.05, 4.69) is 5.32 Å². The van der Waals surface area contributed by atoms with Crippen LogP contribution in [0, 0.1) is 5.92 Å². The Morgan fingerprint density at radius 3 is 2.88 bits per heavy atom. The van der Waals surface area contributed by atoms with Gasteiger partial charge in [0.25, 0.3) is 0 Å². The third kappa shape index (κ3) is 3.64. The van der Waals surface area contributed by atoms with Crippen molar-refractivity contribution in [2.45, 2.75) is 25.8 Å². The van der Waals surface area contributed by atoms with Crippen LogP contribution in [0.15, 0.2) is 0 Å². The Balaban J connectivity index is 2.53. The summed E-state index contributed by atoms with van der Waals surface area (Å²) >= 11 is 0. The van der Waals surface area contributed by atoms with Crippen molar-refractivity contribution in [1.29, 1.82) is 0 Å².